The Morgan fingerprint density at radius 1 is 1.22 bits per heavy atom. The van der Waals surface area contributed by atoms with E-state index in [1.807, 2.05) is 6.92 Å². The minimum atomic E-state index is -0.486. The second kappa shape index (κ2) is 7.95. The van der Waals surface area contributed by atoms with E-state index in [4.69, 9.17) is 0 Å². The number of urea groups is 1. The smallest absolute Gasteiger partial charge is 0.315 e. The lowest BCUT2D eigenvalue weighted by molar-refractivity contribution is -0.122. The van der Waals surface area contributed by atoms with Crippen LogP contribution in [0.5, 0.6) is 0 Å². The van der Waals surface area contributed by atoms with Crippen LogP contribution in [0.1, 0.15) is 52.4 Å². The average Bonchev–Trinajstić information content (AvgIpc) is 2.36. The quantitative estimate of drug-likeness (QED) is 0.697. The van der Waals surface area contributed by atoms with Crippen LogP contribution in [0, 0.1) is 0 Å². The van der Waals surface area contributed by atoms with Crippen LogP contribution in [-0.2, 0) is 4.79 Å². The van der Waals surface area contributed by atoms with Gasteiger partial charge in [-0.2, -0.15) is 0 Å². The molecule has 3 N–H and O–H groups in total. The van der Waals surface area contributed by atoms with Crippen molar-refractivity contribution in [3.63, 3.8) is 0 Å². The summed E-state index contributed by atoms with van der Waals surface area (Å²) in [7, 11) is 0. The first kappa shape index (κ1) is 14.8. The van der Waals surface area contributed by atoms with Crippen LogP contribution in [-0.4, -0.2) is 30.6 Å². The van der Waals surface area contributed by atoms with Gasteiger partial charge in [-0.1, -0.05) is 26.2 Å². The molecule has 0 aromatic heterocycles. The van der Waals surface area contributed by atoms with Gasteiger partial charge in [-0.3, -0.25) is 4.79 Å². The molecule has 104 valence electrons. The molecule has 0 unspecified atom stereocenters. The van der Waals surface area contributed by atoms with Crippen molar-refractivity contribution in [3.8, 4) is 0 Å². The topological polar surface area (TPSA) is 70.2 Å². The van der Waals surface area contributed by atoms with Gasteiger partial charge < -0.3 is 16.0 Å². The van der Waals surface area contributed by atoms with Gasteiger partial charge in [0.15, 0.2) is 0 Å². The molecule has 1 fully saturated rings. The molecule has 0 aromatic rings. The first-order valence-corrected chi connectivity index (χ1v) is 6.98. The third-order valence-corrected chi connectivity index (χ3v) is 3.23. The number of nitrogens with one attached hydrogen (secondary N) is 3. The molecule has 0 heterocycles. The summed E-state index contributed by atoms with van der Waals surface area (Å²) in [6.07, 6.45) is 6.60. The van der Waals surface area contributed by atoms with E-state index < -0.39 is 6.04 Å². The van der Waals surface area contributed by atoms with Gasteiger partial charge in [-0.25, -0.2) is 4.79 Å². The highest BCUT2D eigenvalue weighted by Crippen LogP contribution is 2.17. The summed E-state index contributed by atoms with van der Waals surface area (Å²) >= 11 is 0. The molecule has 0 bridgehead atoms. The Morgan fingerprint density at radius 2 is 1.89 bits per heavy atom. The van der Waals surface area contributed by atoms with Crippen molar-refractivity contribution in [3.05, 3.63) is 0 Å². The Labute approximate surface area is 109 Å². The predicted molar refractivity (Wildman–Crippen MR) is 71.3 cm³/mol. The average molecular weight is 255 g/mol. The van der Waals surface area contributed by atoms with E-state index >= 15 is 0 Å². The molecule has 5 nitrogen and oxygen atoms in total. The van der Waals surface area contributed by atoms with Crippen molar-refractivity contribution < 1.29 is 9.59 Å². The van der Waals surface area contributed by atoms with E-state index in [1.165, 1.54) is 19.3 Å². The number of rotatable bonds is 5. The van der Waals surface area contributed by atoms with Gasteiger partial charge in [0, 0.05) is 12.6 Å². The van der Waals surface area contributed by atoms with Crippen LogP contribution >= 0.6 is 0 Å². The Bertz CT molecular complexity index is 275. The van der Waals surface area contributed by atoms with Crippen LogP contribution in [0.15, 0.2) is 0 Å². The molecule has 1 aliphatic rings. The highest BCUT2D eigenvalue weighted by Gasteiger charge is 2.18. The number of hydrogen-bond donors (Lipinski definition) is 3. The molecule has 0 radical (unpaired) electrons. The number of hydrogen-bond acceptors (Lipinski definition) is 2. The molecule has 1 rings (SSSR count). The summed E-state index contributed by atoms with van der Waals surface area (Å²) in [6, 6.07) is -0.453. The molecule has 5 heteroatoms. The normalized spacial score (nSPS) is 17.9. The predicted octanol–water partition coefficient (Wildman–Crippen LogP) is 1.53. The van der Waals surface area contributed by atoms with Crippen molar-refractivity contribution in [2.24, 2.45) is 0 Å². The highest BCUT2D eigenvalue weighted by molar-refractivity contribution is 5.86. The van der Waals surface area contributed by atoms with Crippen molar-refractivity contribution in [2.45, 2.75) is 64.5 Å². The van der Waals surface area contributed by atoms with Gasteiger partial charge in [0.25, 0.3) is 0 Å². The van der Waals surface area contributed by atoms with E-state index in [0.717, 1.165) is 19.3 Å². The fraction of sp³-hybridized carbons (Fsp3) is 0.846. The molecule has 1 aliphatic carbocycles. The van der Waals surface area contributed by atoms with Crippen LogP contribution in [0.4, 0.5) is 4.79 Å². The zero-order valence-corrected chi connectivity index (χ0v) is 11.4. The minimum absolute atomic E-state index is 0.129. The number of carbonyl (C=O) groups is 2. The van der Waals surface area contributed by atoms with Crippen molar-refractivity contribution in [1.29, 1.82) is 0 Å². The standard InChI is InChI=1S/C13H25N3O2/c1-3-9-14-12(17)10(2)15-13(18)16-11-7-5-4-6-8-11/h10-11H,3-9H2,1-2H3,(H,14,17)(H2,15,16,18)/t10-/m1/s1. The maximum Gasteiger partial charge on any atom is 0.315 e. The summed E-state index contributed by atoms with van der Waals surface area (Å²) in [4.78, 5) is 23.3. The molecule has 1 atom stereocenters. The molecule has 3 amide bonds. The van der Waals surface area contributed by atoms with E-state index in [1.54, 1.807) is 6.92 Å². The van der Waals surface area contributed by atoms with E-state index in [2.05, 4.69) is 16.0 Å². The zero-order valence-electron chi connectivity index (χ0n) is 11.4. The summed E-state index contributed by atoms with van der Waals surface area (Å²) in [5, 5.41) is 8.36. The summed E-state index contributed by atoms with van der Waals surface area (Å²) in [6.45, 7) is 4.34. The van der Waals surface area contributed by atoms with Gasteiger partial charge in [-0.05, 0) is 26.2 Å². The minimum Gasteiger partial charge on any atom is -0.354 e. The first-order valence-electron chi connectivity index (χ1n) is 6.98. The monoisotopic (exact) mass is 255 g/mol. The third kappa shape index (κ3) is 5.38. The lowest BCUT2D eigenvalue weighted by Gasteiger charge is -2.24. The molecule has 1 saturated carbocycles. The Morgan fingerprint density at radius 3 is 2.50 bits per heavy atom. The maximum atomic E-state index is 11.7. The lowest BCUT2D eigenvalue weighted by Crippen LogP contribution is -2.51. The molecule has 0 aliphatic heterocycles. The molecular weight excluding hydrogens is 230 g/mol. The fourth-order valence-electron chi connectivity index (χ4n) is 2.14. The van der Waals surface area contributed by atoms with Gasteiger partial charge in [0.1, 0.15) is 6.04 Å². The van der Waals surface area contributed by atoms with Gasteiger partial charge >= 0.3 is 6.03 Å². The van der Waals surface area contributed by atoms with Gasteiger partial charge in [0.2, 0.25) is 5.91 Å². The summed E-state index contributed by atoms with van der Waals surface area (Å²) in [5.41, 5.74) is 0. The van der Waals surface area contributed by atoms with E-state index in [9.17, 15) is 9.59 Å². The molecular formula is C13H25N3O2. The molecule has 0 spiro atoms. The van der Waals surface area contributed by atoms with Crippen molar-refractivity contribution in [1.82, 2.24) is 16.0 Å². The van der Waals surface area contributed by atoms with Crippen LogP contribution in [0.2, 0.25) is 0 Å². The SMILES string of the molecule is CCCNC(=O)[C@@H](C)NC(=O)NC1CCCCC1. The molecule has 0 aromatic carbocycles. The van der Waals surface area contributed by atoms with E-state index in [-0.39, 0.29) is 18.0 Å². The number of amides is 3. The zero-order chi connectivity index (χ0) is 13.4. The van der Waals surface area contributed by atoms with Gasteiger partial charge in [-0.15, -0.1) is 0 Å². The largest absolute Gasteiger partial charge is 0.354 e. The van der Waals surface area contributed by atoms with Crippen LogP contribution in [0.3, 0.4) is 0 Å². The lowest BCUT2D eigenvalue weighted by atomic mass is 9.96. The maximum absolute atomic E-state index is 11.7. The second-order valence-corrected chi connectivity index (χ2v) is 4.97. The molecule has 0 saturated heterocycles. The summed E-state index contributed by atoms with van der Waals surface area (Å²) < 4.78 is 0. The van der Waals surface area contributed by atoms with Gasteiger partial charge in [0.05, 0.1) is 0 Å². The van der Waals surface area contributed by atoms with Crippen LogP contribution < -0.4 is 16.0 Å². The Kier molecular flexibility index (Phi) is 6.54. The Hall–Kier alpha value is -1.26. The fourth-order valence-corrected chi connectivity index (χ4v) is 2.14. The van der Waals surface area contributed by atoms with E-state index in [0.29, 0.717) is 6.54 Å². The third-order valence-electron chi connectivity index (χ3n) is 3.23. The Balaban J connectivity index is 2.23. The second-order valence-electron chi connectivity index (χ2n) is 4.97. The molecule has 18 heavy (non-hydrogen) atoms. The van der Waals surface area contributed by atoms with Crippen molar-refractivity contribution >= 4 is 11.9 Å². The first-order chi connectivity index (χ1) is 8.63. The van der Waals surface area contributed by atoms with Crippen molar-refractivity contribution in [2.75, 3.05) is 6.54 Å². The van der Waals surface area contributed by atoms with Crippen LogP contribution in [0.25, 0.3) is 0 Å². The number of carbonyl (C=O) groups excluding carboxylic acids is 2. The summed E-state index contributed by atoms with van der Waals surface area (Å²) in [5.74, 6) is -0.129. The highest BCUT2D eigenvalue weighted by atomic mass is 16.2.